The highest BCUT2D eigenvalue weighted by molar-refractivity contribution is 5.76. The van der Waals surface area contributed by atoms with Gasteiger partial charge in [-0.05, 0) is 44.9 Å². The van der Waals surface area contributed by atoms with Gasteiger partial charge in [-0.2, -0.15) is 0 Å². The maximum atomic E-state index is 13.5. The number of aliphatic hydroxyl groups excluding tert-OH is 11. The van der Waals surface area contributed by atoms with E-state index < -0.39 is 124 Å². The van der Waals surface area contributed by atoms with Gasteiger partial charge in [0.2, 0.25) is 5.91 Å². The van der Waals surface area contributed by atoms with E-state index in [0.29, 0.717) is 6.42 Å². The molecule has 0 aromatic heterocycles. The average molecular weight is 1570 g/mol. The number of carbonyl (C=O) groups is 1. The van der Waals surface area contributed by atoms with Crippen LogP contribution in [0.1, 0.15) is 418 Å². The monoisotopic (exact) mass is 1570 g/mol. The zero-order valence-corrected chi connectivity index (χ0v) is 70.3. The number of amides is 1. The van der Waals surface area contributed by atoms with Crippen LogP contribution < -0.4 is 5.32 Å². The Balaban J connectivity index is 1.31. The number of ether oxygens (including phenoxy) is 6. The van der Waals surface area contributed by atoms with E-state index in [-0.39, 0.29) is 18.9 Å². The summed E-state index contributed by atoms with van der Waals surface area (Å²) >= 11 is 0. The van der Waals surface area contributed by atoms with Crippen molar-refractivity contribution in [2.45, 2.75) is 523 Å². The van der Waals surface area contributed by atoms with Gasteiger partial charge in [-0.15, -0.1) is 0 Å². The third-order valence-electron chi connectivity index (χ3n) is 23.5. The summed E-state index contributed by atoms with van der Waals surface area (Å²) in [6, 6.07) is -0.973. The quantitative estimate of drug-likeness (QED) is 0.0199. The number of allylic oxidation sites excluding steroid dienone is 3. The first-order valence-corrected chi connectivity index (χ1v) is 46.6. The molecule has 3 saturated heterocycles. The van der Waals surface area contributed by atoms with Crippen LogP contribution in [0.15, 0.2) is 24.3 Å². The third kappa shape index (κ3) is 49.5. The molecular weight excluding hydrogens is 1390 g/mol. The zero-order valence-electron chi connectivity index (χ0n) is 70.3. The molecule has 3 aliphatic heterocycles. The number of aliphatic hydroxyl groups is 11. The molecule has 0 bridgehead atoms. The Morgan fingerprint density at radius 3 is 0.882 bits per heavy atom. The van der Waals surface area contributed by atoms with E-state index in [1.54, 1.807) is 6.08 Å². The molecule has 0 aromatic rings. The Bertz CT molecular complexity index is 2070. The molecule has 650 valence electrons. The fraction of sp³-hybridized carbons (Fsp3) is 0.945. The molecule has 17 unspecified atom stereocenters. The van der Waals surface area contributed by atoms with E-state index in [9.17, 15) is 61.0 Å². The second-order valence-corrected chi connectivity index (χ2v) is 33.5. The van der Waals surface area contributed by atoms with Gasteiger partial charge in [0.15, 0.2) is 18.9 Å². The second-order valence-electron chi connectivity index (χ2n) is 33.5. The Labute approximate surface area is 670 Å². The van der Waals surface area contributed by atoms with E-state index in [1.165, 1.54) is 347 Å². The molecule has 1 amide bonds. The number of hydrogen-bond acceptors (Lipinski definition) is 18. The van der Waals surface area contributed by atoms with Crippen LogP contribution in [0.3, 0.4) is 0 Å². The van der Waals surface area contributed by atoms with E-state index in [0.717, 1.165) is 44.9 Å². The van der Waals surface area contributed by atoms with Crippen LogP contribution in [0.2, 0.25) is 0 Å². The van der Waals surface area contributed by atoms with Crippen LogP contribution >= 0.6 is 0 Å². The second kappa shape index (κ2) is 71.4. The van der Waals surface area contributed by atoms with Crippen molar-refractivity contribution in [2.75, 3.05) is 26.4 Å². The maximum Gasteiger partial charge on any atom is 0.220 e. The summed E-state index contributed by atoms with van der Waals surface area (Å²) in [5, 5.41) is 121. The minimum atomic E-state index is -1.98. The molecule has 0 spiro atoms. The number of hydrogen-bond donors (Lipinski definition) is 12. The number of nitrogens with one attached hydrogen (secondary N) is 1. The molecule has 3 fully saturated rings. The van der Waals surface area contributed by atoms with Crippen LogP contribution in [-0.2, 0) is 33.2 Å². The smallest absolute Gasteiger partial charge is 0.220 e. The first-order valence-electron chi connectivity index (χ1n) is 46.6. The molecule has 17 atom stereocenters. The van der Waals surface area contributed by atoms with Gasteiger partial charge in [0, 0.05) is 6.42 Å². The fourth-order valence-corrected chi connectivity index (χ4v) is 16.1. The summed E-state index contributed by atoms with van der Waals surface area (Å²) in [4.78, 5) is 13.5. The van der Waals surface area contributed by atoms with Crippen LogP contribution in [-0.4, -0.2) is 193 Å². The van der Waals surface area contributed by atoms with Gasteiger partial charge in [0.05, 0.1) is 38.6 Å². The predicted molar refractivity (Wildman–Crippen MR) is 443 cm³/mol. The molecule has 12 N–H and O–H groups in total. The first kappa shape index (κ1) is 102. The molecule has 3 rings (SSSR count). The first-order chi connectivity index (χ1) is 53.8. The fourth-order valence-electron chi connectivity index (χ4n) is 16.1. The average Bonchev–Trinajstić information content (AvgIpc) is 0.795. The van der Waals surface area contributed by atoms with Gasteiger partial charge in [-0.3, -0.25) is 4.79 Å². The van der Waals surface area contributed by atoms with Crippen molar-refractivity contribution < 1.29 is 89.4 Å². The van der Waals surface area contributed by atoms with Gasteiger partial charge in [-0.1, -0.05) is 391 Å². The molecule has 0 radical (unpaired) electrons. The third-order valence-corrected chi connectivity index (χ3v) is 23.5. The van der Waals surface area contributed by atoms with Crippen molar-refractivity contribution >= 4 is 5.91 Å². The molecule has 19 heteroatoms. The Hall–Kier alpha value is -1.73. The molecule has 110 heavy (non-hydrogen) atoms. The largest absolute Gasteiger partial charge is 0.394 e. The van der Waals surface area contributed by atoms with Gasteiger partial charge in [0.25, 0.3) is 0 Å². The lowest BCUT2D eigenvalue weighted by Crippen LogP contribution is -2.66. The maximum absolute atomic E-state index is 13.5. The predicted octanol–water partition coefficient (Wildman–Crippen LogP) is 18.0. The van der Waals surface area contributed by atoms with Crippen LogP contribution in [0.25, 0.3) is 0 Å². The Kier molecular flexibility index (Phi) is 66.5. The summed E-state index contributed by atoms with van der Waals surface area (Å²) in [5.41, 5.74) is 0. The topological polar surface area (TPSA) is 307 Å². The normalized spacial score (nSPS) is 25.2. The SMILES string of the molecule is CCCCCCCCCC/C=C\CCCCCCCCCCCCCCCCCCCCCCCCCC(=O)NC(COC1OC(CO)C(OC2OC(CO)C(OC3OC(CO)C(O)C(O)C3O)C(O)C2O)C(O)C1O)C(O)/C=C/CCCCCCCCCCCCCCCCCCCCCCCCCCCCCC. The molecule has 3 heterocycles. The van der Waals surface area contributed by atoms with Crippen LogP contribution in [0, 0.1) is 0 Å². The number of unbranched alkanes of at least 4 members (excludes halogenated alkanes) is 59. The molecule has 3 aliphatic rings. The highest BCUT2D eigenvalue weighted by Gasteiger charge is 2.54. The van der Waals surface area contributed by atoms with E-state index in [1.807, 2.05) is 6.08 Å². The minimum Gasteiger partial charge on any atom is -0.394 e. The van der Waals surface area contributed by atoms with Crippen molar-refractivity contribution in [2.24, 2.45) is 0 Å². The van der Waals surface area contributed by atoms with E-state index >= 15 is 0 Å². The zero-order chi connectivity index (χ0) is 79.5. The summed E-state index contributed by atoms with van der Waals surface area (Å²) < 4.78 is 34.6. The summed E-state index contributed by atoms with van der Waals surface area (Å²) in [7, 11) is 0. The van der Waals surface area contributed by atoms with Crippen molar-refractivity contribution in [1.29, 1.82) is 0 Å². The van der Waals surface area contributed by atoms with Gasteiger partial charge >= 0.3 is 0 Å². The lowest BCUT2D eigenvalue weighted by atomic mass is 9.96. The molecule has 0 aliphatic carbocycles. The summed E-state index contributed by atoms with van der Waals surface area (Å²) in [5.74, 6) is -0.265. The van der Waals surface area contributed by atoms with Gasteiger partial charge < -0.3 is 89.9 Å². The lowest BCUT2D eigenvalue weighted by Gasteiger charge is -2.48. The summed E-state index contributed by atoms with van der Waals surface area (Å²) in [6.45, 7) is 1.82. The van der Waals surface area contributed by atoms with Crippen molar-refractivity contribution in [3.05, 3.63) is 24.3 Å². The molecule has 0 aromatic carbocycles. The minimum absolute atomic E-state index is 0.249. The molecular formula is C91H173NO18. The highest BCUT2D eigenvalue weighted by atomic mass is 16.8. The van der Waals surface area contributed by atoms with Crippen LogP contribution in [0.5, 0.6) is 0 Å². The lowest BCUT2D eigenvalue weighted by molar-refractivity contribution is -0.379. The van der Waals surface area contributed by atoms with Crippen molar-refractivity contribution in [3.8, 4) is 0 Å². The van der Waals surface area contributed by atoms with Gasteiger partial charge in [0.1, 0.15) is 73.2 Å². The number of carbonyl (C=O) groups excluding carboxylic acids is 1. The Morgan fingerprint density at radius 2 is 0.573 bits per heavy atom. The van der Waals surface area contributed by atoms with Crippen molar-refractivity contribution in [1.82, 2.24) is 5.32 Å². The van der Waals surface area contributed by atoms with Crippen LogP contribution in [0.4, 0.5) is 0 Å². The highest BCUT2D eigenvalue weighted by Crippen LogP contribution is 2.34. The van der Waals surface area contributed by atoms with E-state index in [4.69, 9.17) is 28.4 Å². The summed E-state index contributed by atoms with van der Waals surface area (Å²) in [6.07, 6.45) is 63.4. The van der Waals surface area contributed by atoms with E-state index in [2.05, 4.69) is 31.3 Å². The van der Waals surface area contributed by atoms with Gasteiger partial charge in [-0.25, -0.2) is 0 Å². The van der Waals surface area contributed by atoms with Crippen molar-refractivity contribution in [3.63, 3.8) is 0 Å². The Morgan fingerprint density at radius 1 is 0.318 bits per heavy atom. The molecule has 0 saturated carbocycles. The number of rotatable bonds is 77. The standard InChI is InChI=1S/C91H173NO18/c1-3-5-7-9-11-13-15-17-19-21-23-25-27-29-31-33-35-36-37-38-39-41-43-45-47-49-51-53-55-57-59-61-63-65-67-69-79(97)92-74(75(96)68-66-64-62-60-58-56-54-52-50-48-46-44-42-40-34-32-30-28-26-24-22-20-18-16-14-12-10-8-6-4-2)73-105-89-85(103)82(100)87(77(71-94)107-89)110-91-86(104)83(101)88(78(72-95)108-91)109-90-84(102)81(99)80(98)76(70-93)106-90/h21,23,66,68,74-78,80-91,93-96,98-104H,3-20,22,24-65,67,69-73H2,1-2H3,(H,92,97)/b23-21-,68-66+. The molecule has 19 nitrogen and oxygen atoms in total.